The molecule has 0 radical (unpaired) electrons. The molecular formula is C14H18ClN3O2S. The molecule has 5 nitrogen and oxygen atoms in total. The summed E-state index contributed by atoms with van der Waals surface area (Å²) in [6.07, 6.45) is 0. The van der Waals surface area contributed by atoms with Gasteiger partial charge in [0.05, 0.1) is 23.0 Å². The van der Waals surface area contributed by atoms with Crippen LogP contribution in [0.4, 0.5) is 5.69 Å². The van der Waals surface area contributed by atoms with Crippen LogP contribution in [0.1, 0.15) is 23.9 Å². The van der Waals surface area contributed by atoms with Crippen molar-refractivity contribution in [2.75, 3.05) is 10.8 Å². The number of benzene rings is 1. The van der Waals surface area contributed by atoms with Crippen molar-refractivity contribution in [3.63, 3.8) is 0 Å². The van der Waals surface area contributed by atoms with Gasteiger partial charge in [0.25, 0.3) is 10.0 Å². The number of aryl methyl sites for hydroxylation is 2. The highest BCUT2D eigenvalue weighted by molar-refractivity contribution is 7.93. The predicted octanol–water partition coefficient (Wildman–Crippen LogP) is 2.98. The Bertz CT molecular complexity index is 740. The van der Waals surface area contributed by atoms with E-state index in [-0.39, 0.29) is 10.8 Å². The number of sulfonamides is 1. The van der Waals surface area contributed by atoms with Gasteiger partial charge in [0.2, 0.25) is 0 Å². The first-order valence-corrected chi connectivity index (χ1v) is 8.59. The van der Waals surface area contributed by atoms with Crippen molar-refractivity contribution in [3.05, 3.63) is 41.2 Å². The first kappa shape index (κ1) is 15.9. The topological polar surface area (TPSA) is 66.1 Å². The summed E-state index contributed by atoms with van der Waals surface area (Å²) in [5.74, 6) is 0.0459. The Morgan fingerprint density at radius 2 is 1.95 bits per heavy atom. The average molecular weight is 328 g/mol. The molecule has 0 atom stereocenters. The molecule has 21 heavy (non-hydrogen) atoms. The molecule has 1 N–H and O–H groups in total. The third kappa shape index (κ3) is 2.78. The van der Waals surface area contributed by atoms with Crippen molar-refractivity contribution in [2.45, 2.75) is 31.5 Å². The van der Waals surface area contributed by atoms with E-state index in [1.54, 1.807) is 19.9 Å². The fourth-order valence-corrected chi connectivity index (χ4v) is 4.47. The third-order valence-corrected chi connectivity index (χ3v) is 5.65. The zero-order chi connectivity index (χ0) is 15.6. The maximum absolute atomic E-state index is 13.0. The van der Waals surface area contributed by atoms with E-state index in [9.17, 15) is 8.42 Å². The fraction of sp³-hybridized carbons (Fsp3) is 0.357. The Labute approximate surface area is 130 Å². The van der Waals surface area contributed by atoms with E-state index in [4.69, 9.17) is 11.6 Å². The largest absolute Gasteiger partial charge is 0.281 e. The van der Waals surface area contributed by atoms with Crippen LogP contribution in [0.5, 0.6) is 0 Å². The van der Waals surface area contributed by atoms with Gasteiger partial charge in [0.1, 0.15) is 4.90 Å². The summed E-state index contributed by atoms with van der Waals surface area (Å²) in [4.78, 5) is 0.169. The van der Waals surface area contributed by atoms with Gasteiger partial charge >= 0.3 is 0 Å². The maximum atomic E-state index is 13.0. The quantitative estimate of drug-likeness (QED) is 0.858. The number of hydrogen-bond acceptors (Lipinski definition) is 3. The normalized spacial score (nSPS) is 11.6. The molecular weight excluding hydrogens is 310 g/mol. The molecule has 1 aromatic carbocycles. The van der Waals surface area contributed by atoms with Crippen LogP contribution in [-0.4, -0.2) is 25.2 Å². The van der Waals surface area contributed by atoms with E-state index >= 15 is 0 Å². The first-order valence-electron chi connectivity index (χ1n) is 6.61. The highest BCUT2D eigenvalue weighted by Crippen LogP contribution is 2.29. The van der Waals surface area contributed by atoms with Crippen molar-refractivity contribution < 1.29 is 8.42 Å². The highest BCUT2D eigenvalue weighted by atomic mass is 35.5. The summed E-state index contributed by atoms with van der Waals surface area (Å²) in [5.41, 5.74) is 2.41. The van der Waals surface area contributed by atoms with Crippen LogP contribution in [0.3, 0.4) is 0 Å². The minimum absolute atomic E-state index is 0.0459. The van der Waals surface area contributed by atoms with Crippen LogP contribution in [0.25, 0.3) is 0 Å². The molecule has 0 bridgehead atoms. The number of anilines is 1. The Balaban J connectivity index is 2.61. The summed E-state index contributed by atoms with van der Waals surface area (Å²) in [6, 6.07) is 7.39. The number of alkyl halides is 1. The van der Waals surface area contributed by atoms with Crippen molar-refractivity contribution in [1.82, 2.24) is 10.2 Å². The number of aromatic amines is 1. The van der Waals surface area contributed by atoms with Crippen molar-refractivity contribution >= 4 is 27.3 Å². The molecule has 1 aromatic heterocycles. The molecule has 0 unspecified atom stereocenters. The van der Waals surface area contributed by atoms with Gasteiger partial charge in [0.15, 0.2) is 0 Å². The Morgan fingerprint density at radius 1 is 1.29 bits per heavy atom. The molecule has 0 amide bonds. The van der Waals surface area contributed by atoms with Gasteiger partial charge in [-0.25, -0.2) is 8.42 Å². The molecule has 114 valence electrons. The Hall–Kier alpha value is -1.53. The lowest BCUT2D eigenvalue weighted by molar-refractivity contribution is 0.590. The number of aromatic nitrogens is 2. The molecule has 0 spiro atoms. The molecule has 7 heteroatoms. The smallest absolute Gasteiger partial charge is 0.268 e. The van der Waals surface area contributed by atoms with Crippen LogP contribution in [-0.2, 0) is 15.9 Å². The SMILES string of the molecule is CCN(c1ccccc1C)S(=O)(=O)c1c(CCl)n[nH]c1C. The third-order valence-electron chi connectivity index (χ3n) is 3.31. The first-order chi connectivity index (χ1) is 9.93. The van der Waals surface area contributed by atoms with Gasteiger partial charge in [-0.3, -0.25) is 9.40 Å². The van der Waals surface area contributed by atoms with E-state index in [1.807, 2.05) is 25.1 Å². The number of para-hydroxylation sites is 1. The second-order valence-electron chi connectivity index (χ2n) is 4.71. The van der Waals surface area contributed by atoms with Crippen molar-refractivity contribution in [2.24, 2.45) is 0 Å². The Morgan fingerprint density at radius 3 is 2.52 bits per heavy atom. The molecule has 0 aliphatic heterocycles. The maximum Gasteiger partial charge on any atom is 0.268 e. The number of nitrogens with zero attached hydrogens (tertiary/aromatic N) is 2. The lowest BCUT2D eigenvalue weighted by atomic mass is 10.2. The molecule has 2 aromatic rings. The minimum atomic E-state index is -3.70. The van der Waals surface area contributed by atoms with Crippen LogP contribution in [0.15, 0.2) is 29.2 Å². The summed E-state index contributed by atoms with van der Waals surface area (Å²) in [7, 11) is -3.70. The summed E-state index contributed by atoms with van der Waals surface area (Å²) >= 11 is 5.81. The molecule has 0 saturated heterocycles. The van der Waals surface area contributed by atoms with Crippen LogP contribution < -0.4 is 4.31 Å². The van der Waals surface area contributed by atoms with Crippen LogP contribution in [0, 0.1) is 13.8 Å². The zero-order valence-corrected chi connectivity index (χ0v) is 13.8. The number of nitrogens with one attached hydrogen (secondary N) is 1. The Kier molecular flexibility index (Phi) is 4.58. The average Bonchev–Trinajstić information content (AvgIpc) is 2.83. The predicted molar refractivity (Wildman–Crippen MR) is 84.3 cm³/mol. The molecule has 0 saturated carbocycles. The van der Waals surface area contributed by atoms with Gasteiger partial charge in [-0.15, -0.1) is 11.6 Å². The second kappa shape index (κ2) is 6.07. The van der Waals surface area contributed by atoms with E-state index in [2.05, 4.69) is 10.2 Å². The summed E-state index contributed by atoms with van der Waals surface area (Å²) in [6.45, 7) is 5.71. The lowest BCUT2D eigenvalue weighted by Gasteiger charge is -2.24. The summed E-state index contributed by atoms with van der Waals surface area (Å²) in [5, 5.41) is 6.67. The molecule has 2 rings (SSSR count). The second-order valence-corrected chi connectivity index (χ2v) is 6.78. The number of halogens is 1. The van der Waals surface area contributed by atoms with E-state index in [0.29, 0.717) is 23.6 Å². The zero-order valence-electron chi connectivity index (χ0n) is 12.2. The highest BCUT2D eigenvalue weighted by Gasteiger charge is 2.30. The standard InChI is InChI=1S/C14H18ClN3O2S/c1-4-18(13-8-6-5-7-10(13)2)21(19,20)14-11(3)16-17-12(14)9-15/h5-8H,4,9H2,1-3H3,(H,16,17). The molecule has 0 aliphatic rings. The fourth-order valence-electron chi connectivity index (χ4n) is 2.33. The molecule has 0 aliphatic carbocycles. The number of hydrogen-bond donors (Lipinski definition) is 1. The van der Waals surface area contributed by atoms with Gasteiger partial charge in [0, 0.05) is 6.54 Å². The monoisotopic (exact) mass is 327 g/mol. The van der Waals surface area contributed by atoms with Gasteiger partial charge in [-0.05, 0) is 32.4 Å². The van der Waals surface area contributed by atoms with E-state index < -0.39 is 10.0 Å². The van der Waals surface area contributed by atoms with Gasteiger partial charge in [-0.1, -0.05) is 18.2 Å². The molecule has 0 fully saturated rings. The van der Waals surface area contributed by atoms with Crippen LogP contribution >= 0.6 is 11.6 Å². The van der Waals surface area contributed by atoms with E-state index in [0.717, 1.165) is 5.56 Å². The lowest BCUT2D eigenvalue weighted by Crippen LogP contribution is -2.32. The molecule has 1 heterocycles. The van der Waals surface area contributed by atoms with Crippen molar-refractivity contribution in [3.8, 4) is 0 Å². The van der Waals surface area contributed by atoms with Gasteiger partial charge in [-0.2, -0.15) is 5.10 Å². The van der Waals surface area contributed by atoms with Gasteiger partial charge < -0.3 is 0 Å². The number of rotatable bonds is 5. The van der Waals surface area contributed by atoms with Crippen molar-refractivity contribution in [1.29, 1.82) is 0 Å². The number of H-pyrrole nitrogens is 1. The minimum Gasteiger partial charge on any atom is -0.281 e. The summed E-state index contributed by atoms with van der Waals surface area (Å²) < 4.78 is 27.4. The van der Waals surface area contributed by atoms with Crippen LogP contribution in [0.2, 0.25) is 0 Å². The van der Waals surface area contributed by atoms with E-state index in [1.165, 1.54) is 4.31 Å².